The van der Waals surface area contributed by atoms with E-state index in [1.54, 1.807) is 0 Å². The van der Waals surface area contributed by atoms with Crippen molar-refractivity contribution < 1.29 is 4.74 Å². The molecule has 2 saturated heterocycles. The molecular formula is C19H31IN4OS. The number of piperazine rings is 1. The lowest BCUT2D eigenvalue weighted by Crippen LogP contribution is -2.68. The van der Waals surface area contributed by atoms with Crippen LogP contribution in [0.15, 0.2) is 22.5 Å². The molecule has 0 amide bonds. The molecule has 3 unspecified atom stereocenters. The number of hydrogen-bond donors (Lipinski definition) is 1. The van der Waals surface area contributed by atoms with Crippen LogP contribution in [0.2, 0.25) is 0 Å². The molecule has 0 aromatic carbocycles. The molecule has 7 heteroatoms. The Bertz CT molecular complexity index is 613. The van der Waals surface area contributed by atoms with Gasteiger partial charge in [0.1, 0.15) is 0 Å². The van der Waals surface area contributed by atoms with Crippen LogP contribution >= 0.6 is 35.3 Å². The fraction of sp³-hybridized carbons (Fsp3) is 0.737. The highest BCUT2D eigenvalue weighted by Gasteiger charge is 2.59. The third kappa shape index (κ3) is 3.58. The second kappa shape index (κ2) is 8.22. The minimum Gasteiger partial charge on any atom is -0.377 e. The summed E-state index contributed by atoms with van der Waals surface area (Å²) in [4.78, 5) is 9.73. The molecule has 1 saturated carbocycles. The van der Waals surface area contributed by atoms with Gasteiger partial charge in [0.05, 0.1) is 11.1 Å². The zero-order valence-electron chi connectivity index (χ0n) is 16.0. The molecule has 0 bridgehead atoms. The standard InChI is InChI=1S/C19H30N4OS.HI/c1-4-20-18(21-16-14-7-12-24-17(14)19(16,2)3)23-10-8-22(9-11-23)15-6-5-13-25-15;/h5-6,13-14,16-17H,4,7-12H2,1-3H3,(H,20,21);1H. The van der Waals surface area contributed by atoms with Gasteiger partial charge in [0, 0.05) is 56.7 Å². The SMILES string of the molecule is CCN=C(NC1C2CCOC2C1(C)C)N1CCN(c2cccs2)CC1.I. The third-order valence-corrected chi connectivity index (χ3v) is 7.02. The van der Waals surface area contributed by atoms with Crippen LogP contribution in [0.3, 0.4) is 0 Å². The van der Waals surface area contributed by atoms with Gasteiger partial charge < -0.3 is 19.9 Å². The van der Waals surface area contributed by atoms with E-state index in [1.165, 1.54) is 11.4 Å². The summed E-state index contributed by atoms with van der Waals surface area (Å²) in [5, 5.41) is 7.36. The first-order chi connectivity index (χ1) is 12.1. The summed E-state index contributed by atoms with van der Waals surface area (Å²) in [6.45, 7) is 12.7. The molecule has 146 valence electrons. The summed E-state index contributed by atoms with van der Waals surface area (Å²) in [5.74, 6) is 1.74. The molecule has 3 atom stereocenters. The minimum absolute atomic E-state index is 0. The maximum absolute atomic E-state index is 5.94. The summed E-state index contributed by atoms with van der Waals surface area (Å²) in [5.41, 5.74) is 0.189. The van der Waals surface area contributed by atoms with Crippen LogP contribution in [-0.2, 0) is 4.74 Å². The molecule has 1 aliphatic carbocycles. The number of ether oxygens (including phenoxy) is 1. The molecule has 0 spiro atoms. The van der Waals surface area contributed by atoms with Gasteiger partial charge in [-0.25, -0.2) is 0 Å². The van der Waals surface area contributed by atoms with Gasteiger partial charge in [0.2, 0.25) is 0 Å². The van der Waals surface area contributed by atoms with Crippen molar-refractivity contribution in [3.8, 4) is 0 Å². The van der Waals surface area contributed by atoms with E-state index in [0.29, 0.717) is 18.1 Å². The van der Waals surface area contributed by atoms with Crippen LogP contribution in [0.25, 0.3) is 0 Å². The molecule has 0 radical (unpaired) electrons. The summed E-state index contributed by atoms with van der Waals surface area (Å²) >= 11 is 1.83. The maximum atomic E-state index is 5.94. The number of nitrogens with one attached hydrogen (secondary N) is 1. The normalized spacial score (nSPS) is 30.4. The number of halogens is 1. The van der Waals surface area contributed by atoms with Crippen molar-refractivity contribution in [2.45, 2.75) is 39.3 Å². The average molecular weight is 490 g/mol. The molecule has 5 nitrogen and oxygen atoms in total. The Morgan fingerprint density at radius 1 is 1.35 bits per heavy atom. The average Bonchev–Trinajstić information content (AvgIpc) is 3.29. The monoisotopic (exact) mass is 490 g/mol. The van der Waals surface area contributed by atoms with E-state index < -0.39 is 0 Å². The predicted molar refractivity (Wildman–Crippen MR) is 120 cm³/mol. The lowest BCUT2D eigenvalue weighted by atomic mass is 9.57. The second-order valence-electron chi connectivity index (χ2n) is 7.91. The molecule has 1 aromatic heterocycles. The molecule has 1 N–H and O–H groups in total. The van der Waals surface area contributed by atoms with E-state index in [9.17, 15) is 0 Å². The fourth-order valence-electron chi connectivity index (χ4n) is 4.73. The second-order valence-corrected chi connectivity index (χ2v) is 8.84. The molecule has 3 heterocycles. The van der Waals surface area contributed by atoms with Crippen LogP contribution < -0.4 is 10.2 Å². The van der Waals surface area contributed by atoms with Gasteiger partial charge in [0.15, 0.2) is 5.96 Å². The van der Waals surface area contributed by atoms with Gasteiger partial charge in [0.25, 0.3) is 0 Å². The van der Waals surface area contributed by atoms with E-state index in [-0.39, 0.29) is 29.4 Å². The largest absolute Gasteiger partial charge is 0.377 e. The first-order valence-corrected chi connectivity index (χ1v) is 10.4. The van der Waals surface area contributed by atoms with Crippen molar-refractivity contribution in [1.82, 2.24) is 10.2 Å². The Morgan fingerprint density at radius 3 is 2.77 bits per heavy atom. The third-order valence-electron chi connectivity index (χ3n) is 6.09. The van der Waals surface area contributed by atoms with E-state index in [2.05, 4.69) is 53.4 Å². The van der Waals surface area contributed by atoms with E-state index in [0.717, 1.165) is 45.3 Å². The zero-order valence-corrected chi connectivity index (χ0v) is 19.1. The highest BCUT2D eigenvalue weighted by atomic mass is 127. The predicted octanol–water partition coefficient (Wildman–Crippen LogP) is 3.27. The van der Waals surface area contributed by atoms with E-state index in [4.69, 9.17) is 9.73 Å². The summed E-state index contributed by atoms with van der Waals surface area (Å²) in [6.07, 6.45) is 1.60. The van der Waals surface area contributed by atoms with E-state index in [1.807, 2.05) is 11.3 Å². The molecular weight excluding hydrogens is 459 g/mol. The number of thiophene rings is 1. The Morgan fingerprint density at radius 2 is 2.12 bits per heavy atom. The van der Waals surface area contributed by atoms with Gasteiger partial charge in [-0.15, -0.1) is 35.3 Å². The van der Waals surface area contributed by atoms with Crippen molar-refractivity contribution in [2.24, 2.45) is 16.3 Å². The van der Waals surface area contributed by atoms with Crippen molar-refractivity contribution in [2.75, 3.05) is 44.2 Å². The first kappa shape index (κ1) is 20.2. The maximum Gasteiger partial charge on any atom is 0.194 e. The van der Waals surface area contributed by atoms with Crippen LogP contribution in [0.4, 0.5) is 5.00 Å². The van der Waals surface area contributed by atoms with Gasteiger partial charge in [-0.2, -0.15) is 0 Å². The quantitative estimate of drug-likeness (QED) is 0.401. The van der Waals surface area contributed by atoms with Crippen LogP contribution in [-0.4, -0.2) is 62.3 Å². The molecule has 2 aliphatic heterocycles. The lowest BCUT2D eigenvalue weighted by molar-refractivity contribution is -0.107. The number of guanidine groups is 1. The van der Waals surface area contributed by atoms with Crippen molar-refractivity contribution in [1.29, 1.82) is 0 Å². The smallest absolute Gasteiger partial charge is 0.194 e. The van der Waals surface area contributed by atoms with Gasteiger partial charge in [-0.1, -0.05) is 13.8 Å². The summed E-state index contributed by atoms with van der Waals surface area (Å²) in [6, 6.07) is 4.83. The Labute approximate surface area is 178 Å². The van der Waals surface area contributed by atoms with Gasteiger partial charge >= 0.3 is 0 Å². The van der Waals surface area contributed by atoms with Gasteiger partial charge in [-0.3, -0.25) is 4.99 Å². The van der Waals surface area contributed by atoms with Crippen LogP contribution in [0.5, 0.6) is 0 Å². The van der Waals surface area contributed by atoms with Crippen molar-refractivity contribution >= 4 is 46.3 Å². The number of hydrogen-bond acceptors (Lipinski definition) is 4. The molecule has 1 aromatic rings. The molecule has 3 fully saturated rings. The zero-order chi connectivity index (χ0) is 17.4. The minimum atomic E-state index is 0. The topological polar surface area (TPSA) is 40.1 Å². The summed E-state index contributed by atoms with van der Waals surface area (Å²) < 4.78 is 5.94. The lowest BCUT2D eigenvalue weighted by Gasteiger charge is -2.55. The molecule has 4 rings (SSSR count). The highest BCUT2D eigenvalue weighted by Crippen LogP contribution is 2.52. The first-order valence-electron chi connectivity index (χ1n) is 9.57. The number of anilines is 1. The fourth-order valence-corrected chi connectivity index (χ4v) is 5.52. The molecule has 26 heavy (non-hydrogen) atoms. The number of aliphatic imine (C=N–C) groups is 1. The van der Waals surface area contributed by atoms with Crippen molar-refractivity contribution in [3.05, 3.63) is 17.5 Å². The highest BCUT2D eigenvalue weighted by molar-refractivity contribution is 14.0. The van der Waals surface area contributed by atoms with Crippen LogP contribution in [0.1, 0.15) is 27.2 Å². The van der Waals surface area contributed by atoms with E-state index >= 15 is 0 Å². The Kier molecular flexibility index (Phi) is 6.39. The van der Waals surface area contributed by atoms with Crippen LogP contribution in [0, 0.1) is 11.3 Å². The van der Waals surface area contributed by atoms with Gasteiger partial charge in [-0.05, 0) is 30.9 Å². The summed E-state index contributed by atoms with van der Waals surface area (Å²) in [7, 11) is 0. The Balaban J connectivity index is 0.00000196. The number of nitrogens with zero attached hydrogens (tertiary/aromatic N) is 3. The Hall–Kier alpha value is -0.540. The molecule has 3 aliphatic rings. The number of rotatable bonds is 3. The number of fused-ring (bicyclic) bond motifs is 1. The van der Waals surface area contributed by atoms with Crippen molar-refractivity contribution in [3.63, 3.8) is 0 Å².